The van der Waals surface area contributed by atoms with E-state index in [0.29, 0.717) is 18.5 Å². The standard InChI is InChI=1S/C17H23N3O/c1-11-8-14(10-20(11)15-4-5-15)18-13-3-6-16-12(9-13)2-7-17(21)19-16/h3,6,9,11,14-15,18H,2,4-5,7-8,10H2,1H3,(H,19,21). The van der Waals surface area contributed by atoms with Crippen LogP contribution < -0.4 is 10.6 Å². The number of nitrogens with zero attached hydrogens (tertiary/aromatic N) is 1. The second-order valence-electron chi connectivity index (χ2n) is 6.77. The van der Waals surface area contributed by atoms with Gasteiger partial charge in [-0.3, -0.25) is 9.69 Å². The van der Waals surface area contributed by atoms with E-state index in [9.17, 15) is 4.79 Å². The predicted octanol–water partition coefficient (Wildman–Crippen LogP) is 2.61. The maximum Gasteiger partial charge on any atom is 0.224 e. The van der Waals surface area contributed by atoms with Gasteiger partial charge in [0, 0.05) is 42.5 Å². The Morgan fingerprint density at radius 2 is 2.14 bits per heavy atom. The zero-order valence-electron chi connectivity index (χ0n) is 12.6. The molecule has 1 saturated heterocycles. The maximum atomic E-state index is 11.4. The molecule has 0 aromatic heterocycles. The molecule has 1 aromatic rings. The molecule has 1 aromatic carbocycles. The zero-order valence-corrected chi connectivity index (χ0v) is 12.6. The highest BCUT2D eigenvalue weighted by atomic mass is 16.1. The summed E-state index contributed by atoms with van der Waals surface area (Å²) in [5.74, 6) is 0.132. The molecule has 0 radical (unpaired) electrons. The van der Waals surface area contributed by atoms with Crippen LogP contribution in [0.3, 0.4) is 0 Å². The quantitative estimate of drug-likeness (QED) is 0.897. The molecule has 2 aliphatic heterocycles. The average Bonchev–Trinajstić information content (AvgIpc) is 3.24. The zero-order chi connectivity index (χ0) is 14.4. The summed E-state index contributed by atoms with van der Waals surface area (Å²) in [4.78, 5) is 14.1. The number of anilines is 2. The summed E-state index contributed by atoms with van der Waals surface area (Å²) in [6, 6.07) is 8.44. The molecule has 2 atom stereocenters. The van der Waals surface area contributed by atoms with Crippen molar-refractivity contribution in [2.24, 2.45) is 0 Å². The highest BCUT2D eigenvalue weighted by Crippen LogP contribution is 2.34. The highest BCUT2D eigenvalue weighted by Gasteiger charge is 2.38. The van der Waals surface area contributed by atoms with E-state index in [4.69, 9.17) is 0 Å². The summed E-state index contributed by atoms with van der Waals surface area (Å²) in [5, 5.41) is 6.63. The molecule has 2 fully saturated rings. The molecule has 2 unspecified atom stereocenters. The Hall–Kier alpha value is -1.55. The topological polar surface area (TPSA) is 44.4 Å². The fourth-order valence-electron chi connectivity index (χ4n) is 3.78. The number of likely N-dealkylation sites (tertiary alicyclic amines) is 1. The molecule has 1 amide bonds. The van der Waals surface area contributed by atoms with Crippen LogP contribution in [0.15, 0.2) is 18.2 Å². The third-order valence-corrected chi connectivity index (χ3v) is 5.01. The first-order valence-corrected chi connectivity index (χ1v) is 8.14. The second-order valence-corrected chi connectivity index (χ2v) is 6.77. The molecule has 2 heterocycles. The summed E-state index contributed by atoms with van der Waals surface area (Å²) in [5.41, 5.74) is 3.43. The monoisotopic (exact) mass is 285 g/mol. The molecule has 112 valence electrons. The molecular formula is C17H23N3O. The lowest BCUT2D eigenvalue weighted by molar-refractivity contribution is -0.116. The van der Waals surface area contributed by atoms with Crippen LogP contribution in [-0.2, 0) is 11.2 Å². The number of aryl methyl sites for hydroxylation is 1. The Kier molecular flexibility index (Phi) is 3.14. The summed E-state index contributed by atoms with van der Waals surface area (Å²) in [6.45, 7) is 3.52. The van der Waals surface area contributed by atoms with Gasteiger partial charge in [0.05, 0.1) is 0 Å². The average molecular weight is 285 g/mol. The van der Waals surface area contributed by atoms with Crippen molar-refractivity contribution in [2.75, 3.05) is 17.2 Å². The molecule has 3 aliphatic rings. The number of fused-ring (bicyclic) bond motifs is 1. The van der Waals surface area contributed by atoms with Gasteiger partial charge in [-0.2, -0.15) is 0 Å². The first kappa shape index (κ1) is 13.1. The van der Waals surface area contributed by atoms with Crippen LogP contribution in [0.2, 0.25) is 0 Å². The van der Waals surface area contributed by atoms with Gasteiger partial charge in [0.15, 0.2) is 0 Å². The smallest absolute Gasteiger partial charge is 0.224 e. The molecule has 4 rings (SSSR count). The van der Waals surface area contributed by atoms with E-state index in [1.807, 2.05) is 6.07 Å². The van der Waals surface area contributed by atoms with Crippen molar-refractivity contribution in [2.45, 2.75) is 57.2 Å². The van der Waals surface area contributed by atoms with E-state index in [1.54, 1.807) is 0 Å². The van der Waals surface area contributed by atoms with Crippen molar-refractivity contribution < 1.29 is 4.79 Å². The number of carbonyl (C=O) groups excluding carboxylic acids is 1. The minimum Gasteiger partial charge on any atom is -0.381 e. The minimum absolute atomic E-state index is 0.132. The fourth-order valence-corrected chi connectivity index (χ4v) is 3.78. The fraction of sp³-hybridized carbons (Fsp3) is 0.588. The van der Waals surface area contributed by atoms with E-state index >= 15 is 0 Å². The van der Waals surface area contributed by atoms with Crippen molar-refractivity contribution >= 4 is 17.3 Å². The van der Waals surface area contributed by atoms with E-state index in [1.165, 1.54) is 37.1 Å². The Bertz CT molecular complexity index is 567. The Labute approximate surface area is 125 Å². The van der Waals surface area contributed by atoms with Crippen LogP contribution in [0.1, 0.15) is 38.2 Å². The van der Waals surface area contributed by atoms with Crippen LogP contribution in [0.4, 0.5) is 11.4 Å². The molecule has 0 bridgehead atoms. The van der Waals surface area contributed by atoms with Crippen LogP contribution in [0.25, 0.3) is 0 Å². The van der Waals surface area contributed by atoms with Crippen LogP contribution >= 0.6 is 0 Å². The first-order chi connectivity index (χ1) is 10.2. The largest absolute Gasteiger partial charge is 0.381 e. The lowest BCUT2D eigenvalue weighted by atomic mass is 10.0. The van der Waals surface area contributed by atoms with Crippen LogP contribution in [-0.4, -0.2) is 35.5 Å². The van der Waals surface area contributed by atoms with Gasteiger partial charge in [0.25, 0.3) is 0 Å². The van der Waals surface area contributed by atoms with Gasteiger partial charge >= 0.3 is 0 Å². The Morgan fingerprint density at radius 1 is 1.29 bits per heavy atom. The number of amides is 1. The van der Waals surface area contributed by atoms with Gasteiger partial charge in [0.1, 0.15) is 0 Å². The van der Waals surface area contributed by atoms with E-state index in [0.717, 1.165) is 18.2 Å². The summed E-state index contributed by atoms with van der Waals surface area (Å²) < 4.78 is 0. The number of rotatable bonds is 3. The van der Waals surface area contributed by atoms with E-state index < -0.39 is 0 Å². The SMILES string of the molecule is CC1CC(Nc2ccc3c(c2)CCC(=O)N3)CN1C1CC1. The molecule has 2 N–H and O–H groups in total. The van der Waals surface area contributed by atoms with Gasteiger partial charge in [0.2, 0.25) is 5.91 Å². The van der Waals surface area contributed by atoms with Crippen molar-refractivity contribution in [3.05, 3.63) is 23.8 Å². The molecule has 4 heteroatoms. The van der Waals surface area contributed by atoms with Crippen molar-refractivity contribution in [1.82, 2.24) is 4.90 Å². The summed E-state index contributed by atoms with van der Waals surface area (Å²) in [6.07, 6.45) is 5.45. The van der Waals surface area contributed by atoms with Crippen LogP contribution in [0, 0.1) is 0 Å². The third kappa shape index (κ3) is 2.64. The van der Waals surface area contributed by atoms with Gasteiger partial charge in [-0.1, -0.05) is 0 Å². The van der Waals surface area contributed by atoms with Gasteiger partial charge in [-0.05, 0) is 56.4 Å². The molecule has 4 nitrogen and oxygen atoms in total. The molecule has 1 aliphatic carbocycles. The Balaban J connectivity index is 1.44. The first-order valence-electron chi connectivity index (χ1n) is 8.14. The van der Waals surface area contributed by atoms with Crippen LogP contribution in [0.5, 0.6) is 0 Å². The third-order valence-electron chi connectivity index (χ3n) is 5.01. The number of hydrogen-bond acceptors (Lipinski definition) is 3. The van der Waals surface area contributed by atoms with Gasteiger partial charge in [-0.25, -0.2) is 0 Å². The molecule has 21 heavy (non-hydrogen) atoms. The predicted molar refractivity (Wildman–Crippen MR) is 84.6 cm³/mol. The number of hydrogen-bond donors (Lipinski definition) is 2. The number of carbonyl (C=O) groups is 1. The Morgan fingerprint density at radius 3 is 2.95 bits per heavy atom. The van der Waals surface area contributed by atoms with E-state index in [-0.39, 0.29) is 5.91 Å². The molecule has 0 spiro atoms. The maximum absolute atomic E-state index is 11.4. The minimum atomic E-state index is 0.132. The number of benzene rings is 1. The van der Waals surface area contributed by atoms with E-state index in [2.05, 4.69) is 34.6 Å². The van der Waals surface area contributed by atoms with Crippen molar-refractivity contribution in [1.29, 1.82) is 0 Å². The lowest BCUT2D eigenvalue weighted by Crippen LogP contribution is -2.31. The molecular weight excluding hydrogens is 262 g/mol. The van der Waals surface area contributed by atoms with Crippen molar-refractivity contribution in [3.63, 3.8) is 0 Å². The van der Waals surface area contributed by atoms with Gasteiger partial charge in [-0.15, -0.1) is 0 Å². The highest BCUT2D eigenvalue weighted by molar-refractivity contribution is 5.94. The lowest BCUT2D eigenvalue weighted by Gasteiger charge is -2.21. The molecule has 1 saturated carbocycles. The summed E-state index contributed by atoms with van der Waals surface area (Å²) >= 11 is 0. The normalized spacial score (nSPS) is 29.1. The number of nitrogens with one attached hydrogen (secondary N) is 2. The second kappa shape index (κ2) is 5.02. The summed E-state index contributed by atoms with van der Waals surface area (Å²) in [7, 11) is 0. The van der Waals surface area contributed by atoms with Crippen molar-refractivity contribution in [3.8, 4) is 0 Å². The van der Waals surface area contributed by atoms with Gasteiger partial charge < -0.3 is 10.6 Å².